The molecule has 0 atom stereocenters. The van der Waals surface area contributed by atoms with Gasteiger partial charge in [0.2, 0.25) is 0 Å². The largest absolute Gasteiger partial charge is 0.297 e. The van der Waals surface area contributed by atoms with Gasteiger partial charge < -0.3 is 0 Å². The van der Waals surface area contributed by atoms with Crippen LogP contribution in [0.15, 0.2) is 22.7 Å². The van der Waals surface area contributed by atoms with Crippen molar-refractivity contribution in [2.24, 2.45) is 0 Å². The first-order chi connectivity index (χ1) is 10.0. The van der Waals surface area contributed by atoms with Crippen molar-refractivity contribution >= 4 is 21.7 Å². The molecule has 0 unspecified atom stereocenters. The van der Waals surface area contributed by atoms with Gasteiger partial charge in [-0.1, -0.05) is 35.8 Å². The number of carbonyl (C=O) groups excluding carboxylic acids is 1. The van der Waals surface area contributed by atoms with Gasteiger partial charge in [-0.05, 0) is 56.5 Å². The number of likely N-dealkylation sites (tertiary alicyclic amines) is 1. The average Bonchev–Trinajstić information content (AvgIpc) is 2.99. The minimum Gasteiger partial charge on any atom is -0.297 e. The topological polar surface area (TPSA) is 20.3 Å². The summed E-state index contributed by atoms with van der Waals surface area (Å²) >= 11 is 3.25. The lowest BCUT2D eigenvalue weighted by Gasteiger charge is -2.39. The molecule has 1 saturated heterocycles. The van der Waals surface area contributed by atoms with E-state index in [1.807, 2.05) is 0 Å². The maximum Gasteiger partial charge on any atom is 0.157 e. The zero-order chi connectivity index (χ0) is 15.5. The van der Waals surface area contributed by atoms with Crippen molar-refractivity contribution in [1.29, 1.82) is 0 Å². The average molecular weight is 356 g/mol. The lowest BCUT2D eigenvalue weighted by atomic mass is 9.83. The minimum atomic E-state index is -0.421. The van der Waals surface area contributed by atoms with Gasteiger partial charge in [0.05, 0.1) is 5.54 Å². The predicted octanol–water partition coefficient (Wildman–Crippen LogP) is 4.35. The molecule has 1 aromatic rings. The van der Waals surface area contributed by atoms with Crippen LogP contribution in [-0.4, -0.2) is 29.3 Å². The fraction of sp³-hybridized carbons (Fsp3) is 0.588. The van der Waals surface area contributed by atoms with Gasteiger partial charge in [-0.25, -0.2) is 4.39 Å². The summed E-state index contributed by atoms with van der Waals surface area (Å²) < 4.78 is 14.7. The third-order valence-electron chi connectivity index (χ3n) is 4.77. The van der Waals surface area contributed by atoms with E-state index in [0.29, 0.717) is 10.0 Å². The third kappa shape index (κ3) is 3.37. The van der Waals surface area contributed by atoms with Gasteiger partial charge in [0, 0.05) is 10.9 Å². The fourth-order valence-corrected chi connectivity index (χ4v) is 3.75. The molecule has 116 valence electrons. The van der Waals surface area contributed by atoms with E-state index in [0.717, 1.165) is 38.8 Å². The van der Waals surface area contributed by atoms with Gasteiger partial charge in [-0.2, -0.15) is 0 Å². The quantitative estimate of drug-likeness (QED) is 0.755. The highest BCUT2D eigenvalue weighted by Gasteiger charge is 2.41. The lowest BCUT2D eigenvalue weighted by molar-refractivity contribution is -0.130. The molecule has 0 bridgehead atoms. The Hall–Kier alpha value is -0.740. The number of halogens is 2. The van der Waals surface area contributed by atoms with Crippen LogP contribution >= 0.6 is 15.9 Å². The van der Waals surface area contributed by atoms with Crippen molar-refractivity contribution in [2.75, 3.05) is 13.1 Å². The molecule has 1 aromatic carbocycles. The van der Waals surface area contributed by atoms with E-state index < -0.39 is 5.54 Å². The molecule has 1 aliphatic rings. The van der Waals surface area contributed by atoms with Crippen LogP contribution in [0.5, 0.6) is 0 Å². The summed E-state index contributed by atoms with van der Waals surface area (Å²) in [5, 5.41) is 0. The molecule has 2 rings (SSSR count). The number of nitrogens with zero attached hydrogens (tertiary/aromatic N) is 1. The molecule has 1 fully saturated rings. The van der Waals surface area contributed by atoms with E-state index in [1.165, 1.54) is 6.07 Å². The van der Waals surface area contributed by atoms with E-state index in [1.54, 1.807) is 12.1 Å². The number of Topliss-reactive ketones (excluding diaryl/α,β-unsaturated/α-hetero) is 1. The maximum absolute atomic E-state index is 14.0. The SMILES string of the molecule is CCC(CC)(C(=O)Cc1ccc(Br)cc1F)N1CCCC1. The summed E-state index contributed by atoms with van der Waals surface area (Å²) in [4.78, 5) is 15.2. The number of ketones is 1. The number of carbonyl (C=O) groups is 1. The van der Waals surface area contributed by atoms with Crippen molar-refractivity contribution in [3.8, 4) is 0 Å². The molecule has 0 N–H and O–H groups in total. The van der Waals surface area contributed by atoms with E-state index in [4.69, 9.17) is 0 Å². The Labute approximate surface area is 134 Å². The zero-order valence-corrected chi connectivity index (χ0v) is 14.4. The molecule has 0 radical (unpaired) electrons. The van der Waals surface area contributed by atoms with Gasteiger partial charge in [0.15, 0.2) is 5.78 Å². The van der Waals surface area contributed by atoms with Crippen LogP contribution in [0.4, 0.5) is 4.39 Å². The van der Waals surface area contributed by atoms with E-state index in [9.17, 15) is 9.18 Å². The highest BCUT2D eigenvalue weighted by molar-refractivity contribution is 9.10. The number of hydrogen-bond donors (Lipinski definition) is 0. The first-order valence-corrected chi connectivity index (χ1v) is 8.55. The van der Waals surface area contributed by atoms with Gasteiger partial charge in [0.25, 0.3) is 0 Å². The molecule has 0 saturated carbocycles. The highest BCUT2D eigenvalue weighted by Crippen LogP contribution is 2.31. The van der Waals surface area contributed by atoms with Crippen molar-refractivity contribution in [3.05, 3.63) is 34.1 Å². The summed E-state index contributed by atoms with van der Waals surface area (Å²) in [5.74, 6) is -0.157. The lowest BCUT2D eigenvalue weighted by Crippen LogP contribution is -2.53. The van der Waals surface area contributed by atoms with Gasteiger partial charge in [-0.3, -0.25) is 9.69 Å². The summed E-state index contributed by atoms with van der Waals surface area (Å²) in [6.07, 6.45) is 4.07. The fourth-order valence-electron chi connectivity index (χ4n) is 3.42. The molecular formula is C17H23BrFNO. The van der Waals surface area contributed by atoms with Crippen molar-refractivity contribution in [2.45, 2.75) is 51.5 Å². The number of benzene rings is 1. The first kappa shape index (κ1) is 16.6. The molecule has 21 heavy (non-hydrogen) atoms. The smallest absolute Gasteiger partial charge is 0.157 e. The Morgan fingerprint density at radius 2 is 1.90 bits per heavy atom. The molecule has 1 heterocycles. The number of rotatable bonds is 6. The normalized spacial score (nSPS) is 16.4. The van der Waals surface area contributed by atoms with Crippen LogP contribution < -0.4 is 0 Å². The van der Waals surface area contributed by atoms with E-state index in [-0.39, 0.29) is 18.0 Å². The second kappa shape index (κ2) is 7.01. The van der Waals surface area contributed by atoms with Crippen molar-refractivity contribution in [3.63, 3.8) is 0 Å². The second-order valence-electron chi connectivity index (χ2n) is 5.77. The Morgan fingerprint density at radius 1 is 1.29 bits per heavy atom. The molecule has 1 aliphatic heterocycles. The molecule has 0 amide bonds. The number of hydrogen-bond acceptors (Lipinski definition) is 2. The van der Waals surface area contributed by atoms with Crippen LogP contribution in [0.1, 0.15) is 45.1 Å². The molecule has 0 aliphatic carbocycles. The Morgan fingerprint density at radius 3 is 2.43 bits per heavy atom. The standard InChI is InChI=1S/C17H23BrFNO/c1-3-17(4-2,20-9-5-6-10-20)16(21)11-13-7-8-14(18)12-15(13)19/h7-8,12H,3-6,9-11H2,1-2H3. The first-order valence-electron chi connectivity index (χ1n) is 7.75. The maximum atomic E-state index is 14.0. The zero-order valence-electron chi connectivity index (χ0n) is 12.8. The Balaban J connectivity index is 2.22. The summed E-state index contributed by atoms with van der Waals surface area (Å²) in [6, 6.07) is 4.93. The van der Waals surface area contributed by atoms with Crippen LogP contribution in [0, 0.1) is 5.82 Å². The molecular weight excluding hydrogens is 333 g/mol. The summed E-state index contributed by atoms with van der Waals surface area (Å²) in [5.41, 5.74) is 0.0735. The summed E-state index contributed by atoms with van der Waals surface area (Å²) in [7, 11) is 0. The molecule has 0 aromatic heterocycles. The van der Waals surface area contributed by atoms with Crippen molar-refractivity contribution < 1.29 is 9.18 Å². The van der Waals surface area contributed by atoms with E-state index in [2.05, 4.69) is 34.7 Å². The molecule has 2 nitrogen and oxygen atoms in total. The third-order valence-corrected chi connectivity index (χ3v) is 5.26. The van der Waals surface area contributed by atoms with Crippen LogP contribution in [-0.2, 0) is 11.2 Å². The van der Waals surface area contributed by atoms with Crippen LogP contribution in [0.3, 0.4) is 0 Å². The monoisotopic (exact) mass is 355 g/mol. The Kier molecular flexibility index (Phi) is 5.55. The molecule has 4 heteroatoms. The van der Waals surface area contributed by atoms with Crippen molar-refractivity contribution in [1.82, 2.24) is 4.90 Å². The second-order valence-corrected chi connectivity index (χ2v) is 6.68. The van der Waals surface area contributed by atoms with Gasteiger partial charge in [0.1, 0.15) is 5.82 Å². The predicted molar refractivity (Wildman–Crippen MR) is 86.9 cm³/mol. The summed E-state index contributed by atoms with van der Waals surface area (Å²) in [6.45, 7) is 6.10. The minimum absolute atomic E-state index is 0.149. The van der Waals surface area contributed by atoms with E-state index >= 15 is 0 Å². The molecule has 0 spiro atoms. The van der Waals surface area contributed by atoms with Crippen LogP contribution in [0.2, 0.25) is 0 Å². The van der Waals surface area contributed by atoms with Gasteiger partial charge in [-0.15, -0.1) is 0 Å². The Bertz CT molecular complexity index is 508. The highest BCUT2D eigenvalue weighted by atomic mass is 79.9. The van der Waals surface area contributed by atoms with Gasteiger partial charge >= 0.3 is 0 Å². The van der Waals surface area contributed by atoms with Crippen LogP contribution in [0.25, 0.3) is 0 Å².